The Morgan fingerprint density at radius 1 is 1.05 bits per heavy atom. The lowest BCUT2D eigenvalue weighted by Crippen LogP contribution is -2.37. The lowest BCUT2D eigenvalue weighted by atomic mass is 10.1. The maximum Gasteiger partial charge on any atom is 0.414 e. The van der Waals surface area contributed by atoms with Crippen molar-refractivity contribution in [1.29, 1.82) is 0 Å². The van der Waals surface area contributed by atoms with Crippen molar-refractivity contribution in [1.82, 2.24) is 10.4 Å². The van der Waals surface area contributed by atoms with Gasteiger partial charge in [0.05, 0.1) is 43.2 Å². The van der Waals surface area contributed by atoms with Crippen LogP contribution in [-0.2, 0) is 14.4 Å². The molecule has 3 amide bonds. The lowest BCUT2D eigenvalue weighted by molar-refractivity contribution is -0.132. The second-order valence-corrected chi connectivity index (χ2v) is 8.41. The molecule has 14 heteroatoms. The van der Waals surface area contributed by atoms with Crippen LogP contribution >= 0.6 is 0 Å². The minimum atomic E-state index is -3.19. The number of rotatable bonds is 7. The minimum absolute atomic E-state index is 0.0413. The molecule has 2 N–H and O–H groups in total. The monoisotopic (exact) mass is 536 g/mol. The molecule has 4 rings (SSSR count). The molecule has 0 saturated carbocycles. The van der Waals surface area contributed by atoms with Crippen LogP contribution in [0.3, 0.4) is 0 Å². The summed E-state index contributed by atoms with van der Waals surface area (Å²) in [4.78, 5) is 55.3. The molecule has 0 spiro atoms. The van der Waals surface area contributed by atoms with Crippen LogP contribution in [0.2, 0.25) is 0 Å². The molecule has 2 fully saturated rings. The average Bonchev–Trinajstić information content (AvgIpc) is 3.10. The molecule has 202 valence electrons. The second kappa shape index (κ2) is 11.4. The van der Waals surface area contributed by atoms with Gasteiger partial charge in [-0.1, -0.05) is 0 Å². The van der Waals surface area contributed by atoms with E-state index in [1.54, 1.807) is 4.90 Å². The standard InChI is InChI=1S/C24H23F3N4O7/c25-18-11-16(30-13-17(38-24(30)36)12-28-21(32)20(26)27)5-6-19(18)29-7-8-31(37-10-9-29)22(33)14-1-3-15(4-2-14)23(34)35/h1-6,11,17,20H,7-10,12-13H2,(H,28,32)(H,34,35)/t17-/m0/s1. The molecule has 2 heterocycles. The number of carbonyl (C=O) groups excluding carboxylic acids is 3. The van der Waals surface area contributed by atoms with Crippen molar-refractivity contribution in [3.63, 3.8) is 0 Å². The smallest absolute Gasteiger partial charge is 0.414 e. The van der Waals surface area contributed by atoms with Crippen LogP contribution in [0, 0.1) is 5.82 Å². The van der Waals surface area contributed by atoms with Gasteiger partial charge in [0.15, 0.2) is 0 Å². The second-order valence-electron chi connectivity index (χ2n) is 8.41. The summed E-state index contributed by atoms with van der Waals surface area (Å²) in [5.41, 5.74) is 0.681. The number of halogens is 3. The fraction of sp³-hybridized carbons (Fsp3) is 0.333. The van der Waals surface area contributed by atoms with Crippen molar-refractivity contribution >= 4 is 35.3 Å². The van der Waals surface area contributed by atoms with E-state index in [9.17, 15) is 28.0 Å². The number of carbonyl (C=O) groups is 4. The molecule has 0 unspecified atom stereocenters. The molecule has 2 aliphatic heterocycles. The number of carboxylic acids is 1. The van der Waals surface area contributed by atoms with Gasteiger partial charge in [0.25, 0.3) is 11.8 Å². The van der Waals surface area contributed by atoms with Gasteiger partial charge in [-0.15, -0.1) is 0 Å². The topological polar surface area (TPSA) is 129 Å². The SMILES string of the molecule is O=C(O)c1ccc(C(=O)N2CCN(c3ccc(N4C[C@H](CNC(=O)C(F)F)OC4=O)cc3F)CCO2)cc1. The highest BCUT2D eigenvalue weighted by Gasteiger charge is 2.34. The first kappa shape index (κ1) is 26.7. The van der Waals surface area contributed by atoms with Crippen LogP contribution in [0.25, 0.3) is 0 Å². The third kappa shape index (κ3) is 5.96. The van der Waals surface area contributed by atoms with Gasteiger partial charge < -0.3 is 20.1 Å². The Hall–Kier alpha value is -4.33. The van der Waals surface area contributed by atoms with Gasteiger partial charge >= 0.3 is 18.5 Å². The maximum atomic E-state index is 15.1. The van der Waals surface area contributed by atoms with Gasteiger partial charge in [-0.25, -0.2) is 19.0 Å². The summed E-state index contributed by atoms with van der Waals surface area (Å²) in [7, 11) is 0. The van der Waals surface area contributed by atoms with Gasteiger partial charge in [-0.3, -0.25) is 19.3 Å². The quantitative estimate of drug-likeness (QED) is 0.551. The molecule has 2 aliphatic rings. The van der Waals surface area contributed by atoms with Crippen molar-refractivity contribution in [2.24, 2.45) is 0 Å². The average molecular weight is 536 g/mol. The molecule has 38 heavy (non-hydrogen) atoms. The number of alkyl halides is 2. The Labute approximate surface area is 214 Å². The van der Waals surface area contributed by atoms with E-state index in [0.29, 0.717) is 0 Å². The summed E-state index contributed by atoms with van der Waals surface area (Å²) in [6.07, 6.45) is -4.87. The molecular weight excluding hydrogens is 513 g/mol. The van der Waals surface area contributed by atoms with Gasteiger partial charge in [0.2, 0.25) is 0 Å². The van der Waals surface area contributed by atoms with Gasteiger partial charge in [0.1, 0.15) is 11.9 Å². The van der Waals surface area contributed by atoms with Crippen LogP contribution in [0.1, 0.15) is 20.7 Å². The number of nitrogens with zero attached hydrogens (tertiary/aromatic N) is 3. The number of hydroxylamine groups is 2. The first-order valence-electron chi connectivity index (χ1n) is 11.5. The van der Waals surface area contributed by atoms with E-state index in [1.165, 1.54) is 36.4 Å². The van der Waals surface area contributed by atoms with Crippen LogP contribution in [0.4, 0.5) is 29.3 Å². The molecule has 0 radical (unpaired) electrons. The number of cyclic esters (lactones) is 1. The van der Waals surface area contributed by atoms with Crippen molar-refractivity contribution in [2.75, 3.05) is 49.1 Å². The fourth-order valence-electron chi connectivity index (χ4n) is 4.00. The minimum Gasteiger partial charge on any atom is -0.478 e. The summed E-state index contributed by atoms with van der Waals surface area (Å²) in [5, 5.41) is 12.1. The predicted octanol–water partition coefficient (Wildman–Crippen LogP) is 2.12. The highest BCUT2D eigenvalue weighted by molar-refractivity contribution is 5.95. The number of carboxylic acid groups (broad SMARTS) is 1. The van der Waals surface area contributed by atoms with Gasteiger partial charge in [0, 0.05) is 18.7 Å². The van der Waals surface area contributed by atoms with Crippen LogP contribution in [0.5, 0.6) is 0 Å². The summed E-state index contributed by atoms with van der Waals surface area (Å²) < 4.78 is 44.8. The Bertz CT molecular complexity index is 1230. The van der Waals surface area contributed by atoms with Crippen molar-refractivity contribution in [3.8, 4) is 0 Å². The third-order valence-electron chi connectivity index (χ3n) is 5.95. The molecule has 0 aromatic heterocycles. The number of anilines is 2. The largest absolute Gasteiger partial charge is 0.478 e. The number of ether oxygens (including phenoxy) is 1. The highest BCUT2D eigenvalue weighted by Crippen LogP contribution is 2.28. The Morgan fingerprint density at radius 2 is 1.76 bits per heavy atom. The lowest BCUT2D eigenvalue weighted by Gasteiger charge is -2.24. The van der Waals surface area contributed by atoms with E-state index in [0.717, 1.165) is 16.0 Å². The summed E-state index contributed by atoms with van der Waals surface area (Å²) >= 11 is 0. The highest BCUT2D eigenvalue weighted by atomic mass is 19.3. The molecule has 2 aromatic carbocycles. The van der Waals surface area contributed by atoms with Gasteiger partial charge in [-0.05, 0) is 42.5 Å². The van der Waals surface area contributed by atoms with E-state index in [4.69, 9.17) is 14.7 Å². The Morgan fingerprint density at radius 3 is 2.42 bits per heavy atom. The van der Waals surface area contributed by atoms with E-state index >= 15 is 4.39 Å². The van der Waals surface area contributed by atoms with Crippen LogP contribution < -0.4 is 15.1 Å². The molecule has 1 atom stereocenters. The van der Waals surface area contributed by atoms with Crippen LogP contribution in [0.15, 0.2) is 42.5 Å². The zero-order valence-corrected chi connectivity index (χ0v) is 19.8. The normalized spacial score (nSPS) is 17.8. The number of hydrogen-bond donors (Lipinski definition) is 2. The number of amides is 3. The number of hydrogen-bond acceptors (Lipinski definition) is 7. The molecular formula is C24H23F3N4O7. The third-order valence-corrected chi connectivity index (χ3v) is 5.95. The number of nitrogens with one attached hydrogen (secondary N) is 1. The van der Waals surface area contributed by atoms with Crippen molar-refractivity contribution < 1.29 is 47.0 Å². The zero-order valence-electron chi connectivity index (χ0n) is 19.8. The molecule has 2 aromatic rings. The summed E-state index contributed by atoms with van der Waals surface area (Å²) in [6, 6.07) is 9.50. The fourth-order valence-corrected chi connectivity index (χ4v) is 4.00. The number of benzene rings is 2. The van der Waals surface area contributed by atoms with E-state index in [2.05, 4.69) is 0 Å². The zero-order chi connectivity index (χ0) is 27.4. The van der Waals surface area contributed by atoms with Crippen LogP contribution in [-0.4, -0.2) is 85.9 Å². The Balaban J connectivity index is 1.37. The molecule has 2 saturated heterocycles. The first-order valence-corrected chi connectivity index (χ1v) is 11.5. The van der Waals surface area contributed by atoms with E-state index in [1.807, 2.05) is 5.32 Å². The Kier molecular flexibility index (Phi) is 8.00. The molecule has 11 nitrogen and oxygen atoms in total. The van der Waals surface area contributed by atoms with Gasteiger partial charge in [-0.2, -0.15) is 8.78 Å². The first-order chi connectivity index (χ1) is 18.1. The summed E-state index contributed by atoms with van der Waals surface area (Å²) in [6.45, 7) is 0.292. The van der Waals surface area contributed by atoms with E-state index in [-0.39, 0.29) is 61.8 Å². The van der Waals surface area contributed by atoms with Crippen molar-refractivity contribution in [2.45, 2.75) is 12.5 Å². The van der Waals surface area contributed by atoms with Crippen molar-refractivity contribution in [3.05, 3.63) is 59.4 Å². The maximum absolute atomic E-state index is 15.1. The predicted molar refractivity (Wildman–Crippen MR) is 126 cm³/mol. The molecule has 0 bridgehead atoms. The number of aromatic carboxylic acids is 1. The van der Waals surface area contributed by atoms with E-state index < -0.39 is 42.2 Å². The molecule has 0 aliphatic carbocycles. The summed E-state index contributed by atoms with van der Waals surface area (Å²) in [5.74, 6) is -3.70.